The van der Waals surface area contributed by atoms with E-state index in [9.17, 15) is 0 Å². The number of fused-ring (bicyclic) bond motifs is 1. The van der Waals surface area contributed by atoms with Gasteiger partial charge in [-0.3, -0.25) is 4.90 Å². The Bertz CT molecular complexity index is 229. The van der Waals surface area contributed by atoms with Gasteiger partial charge in [0.2, 0.25) is 0 Å². The molecule has 1 N–H and O–H groups in total. The minimum absolute atomic E-state index is 0.764. The van der Waals surface area contributed by atoms with E-state index in [4.69, 9.17) is 0 Å². The van der Waals surface area contributed by atoms with Gasteiger partial charge in [-0.1, -0.05) is 27.2 Å². The first kappa shape index (κ1) is 12.4. The van der Waals surface area contributed by atoms with Crippen LogP contribution in [0.3, 0.4) is 0 Å². The largest absolute Gasteiger partial charge is 0.316 e. The maximum atomic E-state index is 3.56. The average Bonchev–Trinajstić information content (AvgIpc) is 2.86. The van der Waals surface area contributed by atoms with E-state index in [0.717, 1.165) is 29.8 Å². The summed E-state index contributed by atoms with van der Waals surface area (Å²) in [6.45, 7) is 13.4. The minimum atomic E-state index is 0.764. The molecule has 0 saturated carbocycles. The highest BCUT2D eigenvalue weighted by molar-refractivity contribution is 4.99. The third kappa shape index (κ3) is 2.02. The zero-order chi connectivity index (χ0) is 11.7. The van der Waals surface area contributed by atoms with Crippen molar-refractivity contribution in [1.82, 2.24) is 10.2 Å². The summed E-state index contributed by atoms with van der Waals surface area (Å²) in [5.41, 5.74) is 0. The molecule has 2 heterocycles. The normalized spacial score (nSPS) is 38.6. The van der Waals surface area contributed by atoms with Gasteiger partial charge in [-0.25, -0.2) is 0 Å². The van der Waals surface area contributed by atoms with E-state index in [1.165, 1.54) is 32.5 Å². The molecule has 2 rings (SSSR count). The van der Waals surface area contributed by atoms with Gasteiger partial charge in [0.15, 0.2) is 0 Å². The van der Waals surface area contributed by atoms with Crippen LogP contribution in [0.1, 0.15) is 40.5 Å². The summed E-state index contributed by atoms with van der Waals surface area (Å²) in [7, 11) is 0. The van der Waals surface area contributed by atoms with Gasteiger partial charge in [0.05, 0.1) is 0 Å². The van der Waals surface area contributed by atoms with Crippen molar-refractivity contribution >= 4 is 0 Å². The minimum Gasteiger partial charge on any atom is -0.316 e. The smallest absolute Gasteiger partial charge is 0.0140 e. The van der Waals surface area contributed by atoms with Gasteiger partial charge in [-0.2, -0.15) is 0 Å². The molecule has 5 unspecified atom stereocenters. The fourth-order valence-electron chi connectivity index (χ4n) is 3.73. The maximum absolute atomic E-state index is 3.56. The first-order valence-corrected chi connectivity index (χ1v) is 7.15. The molecule has 94 valence electrons. The topological polar surface area (TPSA) is 15.3 Å². The van der Waals surface area contributed by atoms with Crippen molar-refractivity contribution in [2.45, 2.75) is 52.6 Å². The highest BCUT2D eigenvalue weighted by Crippen LogP contribution is 2.36. The third-order valence-corrected chi connectivity index (χ3v) is 5.17. The van der Waals surface area contributed by atoms with Crippen LogP contribution in [0.2, 0.25) is 0 Å². The van der Waals surface area contributed by atoms with E-state index in [-0.39, 0.29) is 0 Å². The Kier molecular flexibility index (Phi) is 3.91. The van der Waals surface area contributed by atoms with E-state index < -0.39 is 0 Å². The number of nitrogens with one attached hydrogen (secondary N) is 1. The van der Waals surface area contributed by atoms with E-state index in [1.807, 2.05) is 0 Å². The second-order valence-corrected chi connectivity index (χ2v) is 5.88. The van der Waals surface area contributed by atoms with Crippen LogP contribution >= 0.6 is 0 Å². The van der Waals surface area contributed by atoms with E-state index in [2.05, 4.69) is 37.9 Å². The predicted octanol–water partition coefficient (Wildman–Crippen LogP) is 2.35. The predicted molar refractivity (Wildman–Crippen MR) is 69.6 cm³/mol. The van der Waals surface area contributed by atoms with Crippen LogP contribution in [-0.2, 0) is 0 Å². The number of nitrogens with zero attached hydrogens (tertiary/aromatic N) is 1. The van der Waals surface area contributed by atoms with Crippen LogP contribution in [0.5, 0.6) is 0 Å². The van der Waals surface area contributed by atoms with E-state index in [1.54, 1.807) is 0 Å². The summed E-state index contributed by atoms with van der Waals surface area (Å²) in [5, 5.41) is 3.56. The molecule has 2 saturated heterocycles. The van der Waals surface area contributed by atoms with Crippen LogP contribution in [-0.4, -0.2) is 36.6 Å². The first-order chi connectivity index (χ1) is 7.69. The maximum Gasteiger partial charge on any atom is 0.0140 e. The van der Waals surface area contributed by atoms with Gasteiger partial charge in [-0.05, 0) is 44.2 Å². The molecule has 0 aromatic heterocycles. The van der Waals surface area contributed by atoms with Crippen LogP contribution in [0.15, 0.2) is 0 Å². The molecule has 0 amide bonds. The second-order valence-electron chi connectivity index (χ2n) is 5.88. The Balaban J connectivity index is 2.05. The Morgan fingerprint density at radius 2 is 2.00 bits per heavy atom. The summed E-state index contributed by atoms with van der Waals surface area (Å²) in [6, 6.07) is 1.60. The van der Waals surface area contributed by atoms with Crippen molar-refractivity contribution in [3.05, 3.63) is 0 Å². The summed E-state index contributed by atoms with van der Waals surface area (Å²) < 4.78 is 0. The molecule has 0 spiro atoms. The second kappa shape index (κ2) is 5.05. The quantitative estimate of drug-likeness (QED) is 0.788. The van der Waals surface area contributed by atoms with Gasteiger partial charge >= 0.3 is 0 Å². The molecule has 0 aliphatic carbocycles. The lowest BCUT2D eigenvalue weighted by Crippen LogP contribution is -2.43. The summed E-state index contributed by atoms with van der Waals surface area (Å²) >= 11 is 0. The van der Waals surface area contributed by atoms with Crippen molar-refractivity contribution in [1.29, 1.82) is 0 Å². The lowest BCUT2D eigenvalue weighted by molar-refractivity contribution is 0.125. The molecule has 5 atom stereocenters. The van der Waals surface area contributed by atoms with Crippen molar-refractivity contribution in [3.8, 4) is 0 Å². The summed E-state index contributed by atoms with van der Waals surface area (Å²) in [6.07, 6.45) is 2.63. The molecule has 2 aliphatic rings. The third-order valence-electron chi connectivity index (χ3n) is 5.17. The zero-order valence-electron chi connectivity index (χ0n) is 11.4. The Morgan fingerprint density at radius 3 is 2.62 bits per heavy atom. The Labute approximate surface area is 101 Å². The van der Waals surface area contributed by atoms with Gasteiger partial charge < -0.3 is 5.32 Å². The van der Waals surface area contributed by atoms with Crippen molar-refractivity contribution in [3.63, 3.8) is 0 Å². The first-order valence-electron chi connectivity index (χ1n) is 7.15. The lowest BCUT2D eigenvalue weighted by Gasteiger charge is -2.35. The van der Waals surface area contributed by atoms with Crippen LogP contribution in [0.25, 0.3) is 0 Å². The molecule has 0 aromatic carbocycles. The molecule has 2 aliphatic heterocycles. The molecule has 2 fully saturated rings. The highest BCUT2D eigenvalue weighted by atomic mass is 15.2. The number of rotatable bonds is 4. The molecule has 16 heavy (non-hydrogen) atoms. The van der Waals surface area contributed by atoms with Gasteiger partial charge in [0, 0.05) is 18.6 Å². The van der Waals surface area contributed by atoms with Gasteiger partial charge in [0.25, 0.3) is 0 Å². The Hall–Kier alpha value is -0.0800. The molecular formula is C14H28N2. The van der Waals surface area contributed by atoms with Gasteiger partial charge in [-0.15, -0.1) is 0 Å². The standard InChI is InChI=1S/C14H28N2/c1-5-10(3)11(4)16-9-12-7-15-8-13(12)14(16)6-2/h10-15H,5-9H2,1-4H3. The Morgan fingerprint density at radius 1 is 1.25 bits per heavy atom. The van der Waals surface area contributed by atoms with E-state index >= 15 is 0 Å². The van der Waals surface area contributed by atoms with Gasteiger partial charge in [0.1, 0.15) is 0 Å². The number of likely N-dealkylation sites (tertiary alicyclic amines) is 1. The summed E-state index contributed by atoms with van der Waals surface area (Å²) in [5.74, 6) is 2.69. The van der Waals surface area contributed by atoms with Crippen molar-refractivity contribution in [2.24, 2.45) is 17.8 Å². The fraction of sp³-hybridized carbons (Fsp3) is 1.00. The van der Waals surface area contributed by atoms with Crippen molar-refractivity contribution < 1.29 is 0 Å². The lowest BCUT2D eigenvalue weighted by atomic mass is 9.92. The zero-order valence-corrected chi connectivity index (χ0v) is 11.4. The van der Waals surface area contributed by atoms with Crippen LogP contribution < -0.4 is 5.32 Å². The van der Waals surface area contributed by atoms with Crippen LogP contribution in [0.4, 0.5) is 0 Å². The monoisotopic (exact) mass is 224 g/mol. The van der Waals surface area contributed by atoms with E-state index in [0.29, 0.717) is 0 Å². The highest BCUT2D eigenvalue weighted by Gasteiger charge is 2.44. The molecule has 2 heteroatoms. The average molecular weight is 224 g/mol. The molecular weight excluding hydrogens is 196 g/mol. The fourth-order valence-corrected chi connectivity index (χ4v) is 3.73. The molecule has 0 aromatic rings. The summed E-state index contributed by atoms with van der Waals surface area (Å²) in [4.78, 5) is 2.81. The number of hydrogen-bond acceptors (Lipinski definition) is 2. The SMILES string of the molecule is CCC(C)C(C)N1CC2CNCC2C1CC. The molecule has 2 nitrogen and oxygen atoms in total. The molecule has 0 bridgehead atoms. The molecule has 0 radical (unpaired) electrons. The van der Waals surface area contributed by atoms with Crippen LogP contribution in [0, 0.1) is 17.8 Å². The van der Waals surface area contributed by atoms with Crippen molar-refractivity contribution in [2.75, 3.05) is 19.6 Å². The number of hydrogen-bond donors (Lipinski definition) is 1.